The maximum Gasteiger partial charge on any atom is 0.239 e. The molecule has 0 aliphatic carbocycles. The number of benzene rings is 1. The molecule has 0 spiro atoms. The minimum absolute atomic E-state index is 0.0577. The second-order valence-electron chi connectivity index (χ2n) is 5.15. The molecule has 0 bridgehead atoms. The van der Waals surface area contributed by atoms with E-state index >= 15 is 0 Å². The summed E-state index contributed by atoms with van der Waals surface area (Å²) < 4.78 is 20.7. The molecule has 0 unspecified atom stereocenters. The van der Waals surface area contributed by atoms with Crippen LogP contribution in [0.2, 0.25) is 0 Å². The minimum atomic E-state index is -0.252. The highest BCUT2D eigenvalue weighted by atomic mass is 16.5. The molecule has 0 aliphatic heterocycles. The molecule has 0 radical (unpaired) electrons. The van der Waals surface area contributed by atoms with Crippen LogP contribution in [-0.2, 0) is 20.7 Å². The van der Waals surface area contributed by atoms with Crippen molar-refractivity contribution < 1.29 is 28.5 Å². The molecule has 0 saturated heterocycles. The van der Waals surface area contributed by atoms with E-state index in [0.29, 0.717) is 36.8 Å². The standard InChI is InChI=1S/C17H26N2O6/c1-22-8-7-18-16(21)11-19-15(20)6-5-12-9-13(23-2)17(25-4)14(10-12)24-3/h9-10H,5-8,11H2,1-4H3,(H,18,21)(H,19,20). The van der Waals surface area contributed by atoms with E-state index in [9.17, 15) is 9.59 Å². The van der Waals surface area contributed by atoms with E-state index in [0.717, 1.165) is 5.56 Å². The van der Waals surface area contributed by atoms with Crippen LogP contribution in [0.4, 0.5) is 0 Å². The van der Waals surface area contributed by atoms with Gasteiger partial charge in [-0.25, -0.2) is 0 Å². The summed E-state index contributed by atoms with van der Waals surface area (Å²) in [5.74, 6) is 1.12. The molecular formula is C17H26N2O6. The topological polar surface area (TPSA) is 95.1 Å². The highest BCUT2D eigenvalue weighted by Crippen LogP contribution is 2.38. The van der Waals surface area contributed by atoms with Gasteiger partial charge in [-0.2, -0.15) is 0 Å². The summed E-state index contributed by atoms with van der Waals surface area (Å²) >= 11 is 0. The van der Waals surface area contributed by atoms with Gasteiger partial charge in [-0.1, -0.05) is 0 Å². The summed E-state index contributed by atoms with van der Waals surface area (Å²) in [5.41, 5.74) is 0.870. The van der Waals surface area contributed by atoms with Crippen LogP contribution in [-0.4, -0.2) is 59.9 Å². The Balaban J connectivity index is 2.51. The van der Waals surface area contributed by atoms with Gasteiger partial charge in [0.05, 0.1) is 34.5 Å². The van der Waals surface area contributed by atoms with Crippen molar-refractivity contribution in [1.29, 1.82) is 0 Å². The molecule has 0 atom stereocenters. The third kappa shape index (κ3) is 6.88. The number of aryl methyl sites for hydroxylation is 1. The molecule has 1 aromatic carbocycles. The molecule has 2 N–H and O–H groups in total. The fourth-order valence-corrected chi connectivity index (χ4v) is 2.16. The monoisotopic (exact) mass is 354 g/mol. The summed E-state index contributed by atoms with van der Waals surface area (Å²) in [6.07, 6.45) is 0.720. The fraction of sp³-hybridized carbons (Fsp3) is 0.529. The zero-order valence-corrected chi connectivity index (χ0v) is 15.1. The minimum Gasteiger partial charge on any atom is -0.493 e. The van der Waals surface area contributed by atoms with Gasteiger partial charge >= 0.3 is 0 Å². The number of rotatable bonds is 11. The van der Waals surface area contributed by atoms with Crippen LogP contribution >= 0.6 is 0 Å². The number of nitrogens with one attached hydrogen (secondary N) is 2. The predicted octanol–water partition coefficient (Wildman–Crippen LogP) is 0.524. The molecule has 0 aromatic heterocycles. The van der Waals surface area contributed by atoms with Crippen LogP contribution in [0, 0.1) is 0 Å². The molecule has 0 aliphatic rings. The first-order valence-electron chi connectivity index (χ1n) is 7.86. The lowest BCUT2D eigenvalue weighted by atomic mass is 10.1. The van der Waals surface area contributed by atoms with E-state index in [1.165, 1.54) is 21.3 Å². The quantitative estimate of drug-likeness (QED) is 0.563. The Bertz CT molecular complexity index is 551. The molecule has 25 heavy (non-hydrogen) atoms. The zero-order valence-electron chi connectivity index (χ0n) is 15.1. The van der Waals surface area contributed by atoms with Gasteiger partial charge in [-0.3, -0.25) is 9.59 Å². The van der Waals surface area contributed by atoms with Crippen LogP contribution in [0.5, 0.6) is 17.2 Å². The first kappa shape index (κ1) is 20.6. The first-order chi connectivity index (χ1) is 12.0. The van der Waals surface area contributed by atoms with Gasteiger partial charge in [0, 0.05) is 20.1 Å². The lowest BCUT2D eigenvalue weighted by Crippen LogP contribution is -2.38. The highest BCUT2D eigenvalue weighted by Gasteiger charge is 2.14. The Hall–Kier alpha value is -2.48. The average Bonchev–Trinajstić information content (AvgIpc) is 2.63. The van der Waals surface area contributed by atoms with Gasteiger partial charge in [0.1, 0.15) is 0 Å². The average molecular weight is 354 g/mol. The van der Waals surface area contributed by atoms with Crippen molar-refractivity contribution in [3.05, 3.63) is 17.7 Å². The highest BCUT2D eigenvalue weighted by molar-refractivity contribution is 5.84. The normalized spacial score (nSPS) is 10.1. The van der Waals surface area contributed by atoms with E-state index < -0.39 is 0 Å². The Morgan fingerprint density at radius 3 is 2.08 bits per heavy atom. The molecule has 0 heterocycles. The van der Waals surface area contributed by atoms with Gasteiger partial charge in [-0.15, -0.1) is 0 Å². The molecule has 140 valence electrons. The number of amides is 2. The molecule has 8 heteroatoms. The number of methoxy groups -OCH3 is 4. The van der Waals surface area contributed by atoms with Crippen molar-refractivity contribution in [1.82, 2.24) is 10.6 Å². The zero-order chi connectivity index (χ0) is 18.7. The van der Waals surface area contributed by atoms with E-state index in [-0.39, 0.29) is 24.8 Å². The number of hydrogen-bond acceptors (Lipinski definition) is 6. The third-order valence-electron chi connectivity index (χ3n) is 3.44. The molecule has 1 rings (SSSR count). The summed E-state index contributed by atoms with van der Waals surface area (Å²) in [4.78, 5) is 23.4. The summed E-state index contributed by atoms with van der Waals surface area (Å²) in [7, 11) is 6.16. The van der Waals surface area contributed by atoms with Crippen molar-refractivity contribution in [3.8, 4) is 17.2 Å². The maximum atomic E-state index is 11.9. The second kappa shape index (κ2) is 11.1. The maximum absolute atomic E-state index is 11.9. The van der Waals surface area contributed by atoms with E-state index in [1.54, 1.807) is 19.2 Å². The lowest BCUT2D eigenvalue weighted by Gasteiger charge is -2.14. The predicted molar refractivity (Wildman–Crippen MR) is 92.3 cm³/mol. The smallest absolute Gasteiger partial charge is 0.239 e. The van der Waals surface area contributed by atoms with E-state index in [2.05, 4.69) is 10.6 Å². The Kier molecular flexibility index (Phi) is 9.16. The molecule has 0 fully saturated rings. The number of ether oxygens (including phenoxy) is 4. The van der Waals surface area contributed by atoms with Crippen LogP contribution in [0.3, 0.4) is 0 Å². The lowest BCUT2D eigenvalue weighted by molar-refractivity contribution is -0.126. The summed E-state index contributed by atoms with van der Waals surface area (Å²) in [5, 5.41) is 5.21. The van der Waals surface area contributed by atoms with Gasteiger partial charge in [0.15, 0.2) is 11.5 Å². The Morgan fingerprint density at radius 1 is 0.920 bits per heavy atom. The van der Waals surface area contributed by atoms with E-state index in [4.69, 9.17) is 18.9 Å². The van der Waals surface area contributed by atoms with Gasteiger partial charge < -0.3 is 29.6 Å². The summed E-state index contributed by atoms with van der Waals surface area (Å²) in [6, 6.07) is 3.60. The first-order valence-corrected chi connectivity index (χ1v) is 7.86. The third-order valence-corrected chi connectivity index (χ3v) is 3.44. The molecule has 8 nitrogen and oxygen atoms in total. The fourth-order valence-electron chi connectivity index (χ4n) is 2.16. The van der Waals surface area contributed by atoms with Crippen LogP contribution < -0.4 is 24.8 Å². The number of hydrogen-bond donors (Lipinski definition) is 2. The molecule has 2 amide bonds. The van der Waals surface area contributed by atoms with Crippen molar-refractivity contribution in [3.63, 3.8) is 0 Å². The largest absolute Gasteiger partial charge is 0.493 e. The number of carbonyl (C=O) groups excluding carboxylic acids is 2. The molecule has 1 aromatic rings. The van der Waals surface area contributed by atoms with Gasteiger partial charge in [0.2, 0.25) is 17.6 Å². The SMILES string of the molecule is COCCNC(=O)CNC(=O)CCc1cc(OC)c(OC)c(OC)c1. The van der Waals surface area contributed by atoms with Crippen LogP contribution in [0.15, 0.2) is 12.1 Å². The Morgan fingerprint density at radius 2 is 1.56 bits per heavy atom. The summed E-state index contributed by atoms with van der Waals surface area (Å²) in [6.45, 7) is 0.787. The van der Waals surface area contributed by atoms with Crippen molar-refractivity contribution in [2.75, 3.05) is 48.1 Å². The molecule has 0 saturated carbocycles. The van der Waals surface area contributed by atoms with Gasteiger partial charge in [-0.05, 0) is 24.1 Å². The number of carbonyl (C=O) groups is 2. The van der Waals surface area contributed by atoms with Crippen LogP contribution in [0.25, 0.3) is 0 Å². The second-order valence-corrected chi connectivity index (χ2v) is 5.15. The van der Waals surface area contributed by atoms with Crippen LogP contribution in [0.1, 0.15) is 12.0 Å². The van der Waals surface area contributed by atoms with Crippen molar-refractivity contribution in [2.45, 2.75) is 12.8 Å². The molecular weight excluding hydrogens is 328 g/mol. The van der Waals surface area contributed by atoms with Crippen molar-refractivity contribution >= 4 is 11.8 Å². The van der Waals surface area contributed by atoms with Gasteiger partial charge in [0.25, 0.3) is 0 Å². The van der Waals surface area contributed by atoms with Crippen molar-refractivity contribution in [2.24, 2.45) is 0 Å². The Labute approximate surface area is 147 Å². The van der Waals surface area contributed by atoms with E-state index in [1.807, 2.05) is 0 Å².